The normalized spacial score (nSPS) is 16.5. The summed E-state index contributed by atoms with van der Waals surface area (Å²) in [5.41, 5.74) is 1.45. The molecule has 2 N–H and O–H groups in total. The van der Waals surface area contributed by atoms with Crippen LogP contribution in [0, 0.1) is 0 Å². The Morgan fingerprint density at radius 3 is 2.21 bits per heavy atom. The molecule has 2 aromatic carbocycles. The molecule has 7 heteroatoms. The number of rotatable bonds is 10. The Hall–Kier alpha value is -3.32. The van der Waals surface area contributed by atoms with Crippen molar-refractivity contribution in [2.24, 2.45) is 0 Å². The molecule has 0 saturated carbocycles. The third kappa shape index (κ3) is 8.27. The molecule has 0 saturated heterocycles. The lowest BCUT2D eigenvalue weighted by Crippen LogP contribution is -2.43. The van der Waals surface area contributed by atoms with Gasteiger partial charge in [-0.05, 0) is 38.3 Å². The van der Waals surface area contributed by atoms with E-state index in [1.165, 1.54) is 6.08 Å². The van der Waals surface area contributed by atoms with Gasteiger partial charge in [0.25, 0.3) is 0 Å². The maximum Gasteiger partial charge on any atom is 0.407 e. The van der Waals surface area contributed by atoms with E-state index in [0.29, 0.717) is 31.9 Å². The molecule has 1 heterocycles. The molecule has 0 radical (unpaired) electrons. The van der Waals surface area contributed by atoms with E-state index in [-0.39, 0.29) is 5.91 Å². The summed E-state index contributed by atoms with van der Waals surface area (Å²) >= 11 is 0. The number of benzene rings is 2. The van der Waals surface area contributed by atoms with Crippen LogP contribution in [-0.2, 0) is 32.2 Å². The van der Waals surface area contributed by atoms with Gasteiger partial charge < -0.3 is 24.8 Å². The smallest absolute Gasteiger partial charge is 0.407 e. The molecule has 2 aromatic rings. The molecule has 0 spiro atoms. The number of hydrogen-bond acceptors (Lipinski definition) is 5. The van der Waals surface area contributed by atoms with Gasteiger partial charge in [0.1, 0.15) is 24.0 Å². The van der Waals surface area contributed by atoms with Crippen molar-refractivity contribution >= 4 is 12.0 Å². The third-order valence-corrected chi connectivity index (χ3v) is 4.90. The van der Waals surface area contributed by atoms with Crippen molar-refractivity contribution in [2.45, 2.75) is 58.2 Å². The minimum Gasteiger partial charge on any atom is -0.491 e. The van der Waals surface area contributed by atoms with E-state index in [4.69, 9.17) is 14.2 Å². The molecule has 2 atom stereocenters. The number of hydrogen-bond donors (Lipinski definition) is 2. The lowest BCUT2D eigenvalue weighted by Gasteiger charge is -2.27. The number of carbonyl (C=O) groups excluding carboxylic acids is 2. The van der Waals surface area contributed by atoms with Gasteiger partial charge in [0.2, 0.25) is 5.91 Å². The highest BCUT2D eigenvalue weighted by Gasteiger charge is 2.33. The topological polar surface area (TPSA) is 85.9 Å². The zero-order valence-corrected chi connectivity index (χ0v) is 19.4. The Morgan fingerprint density at radius 2 is 1.61 bits per heavy atom. The zero-order chi connectivity index (χ0) is 23.7. The van der Waals surface area contributed by atoms with E-state index in [0.717, 1.165) is 11.1 Å². The fourth-order valence-electron chi connectivity index (χ4n) is 3.39. The number of alkyl carbamates (subject to hydrolysis) is 1. The van der Waals surface area contributed by atoms with Gasteiger partial charge >= 0.3 is 6.09 Å². The van der Waals surface area contributed by atoms with Crippen molar-refractivity contribution in [3.05, 3.63) is 83.6 Å². The second-order valence-corrected chi connectivity index (χ2v) is 8.86. The van der Waals surface area contributed by atoms with Crippen LogP contribution in [0.3, 0.4) is 0 Å². The molecule has 3 rings (SSSR count). The molecule has 0 fully saturated rings. The first kappa shape index (κ1) is 24.3. The second-order valence-electron chi connectivity index (χ2n) is 8.86. The Kier molecular flexibility index (Phi) is 8.49. The molecule has 0 aromatic heterocycles. The molecule has 0 bridgehead atoms. The summed E-state index contributed by atoms with van der Waals surface area (Å²) < 4.78 is 17.5. The first-order chi connectivity index (χ1) is 15.8. The summed E-state index contributed by atoms with van der Waals surface area (Å²) in [6.07, 6.45) is 1.03. The van der Waals surface area contributed by atoms with E-state index in [1.807, 2.05) is 81.4 Å². The third-order valence-electron chi connectivity index (χ3n) is 4.90. The predicted octanol–water partition coefficient (Wildman–Crippen LogP) is 4.09. The maximum atomic E-state index is 12.2. The summed E-state index contributed by atoms with van der Waals surface area (Å²) in [7, 11) is 0. The highest BCUT2D eigenvalue weighted by Crippen LogP contribution is 2.22. The first-order valence-electron chi connectivity index (χ1n) is 11.1. The predicted molar refractivity (Wildman–Crippen MR) is 125 cm³/mol. The van der Waals surface area contributed by atoms with Crippen LogP contribution in [0.1, 0.15) is 38.3 Å². The van der Waals surface area contributed by atoms with Gasteiger partial charge in [-0.1, -0.05) is 60.7 Å². The van der Waals surface area contributed by atoms with E-state index in [1.54, 1.807) is 0 Å². The molecule has 0 unspecified atom stereocenters. The summed E-state index contributed by atoms with van der Waals surface area (Å²) in [4.78, 5) is 24.2. The average Bonchev–Trinajstić information content (AvgIpc) is 3.15. The van der Waals surface area contributed by atoms with Gasteiger partial charge in [0.15, 0.2) is 0 Å². The summed E-state index contributed by atoms with van der Waals surface area (Å²) in [5.74, 6) is 0.302. The van der Waals surface area contributed by atoms with Crippen molar-refractivity contribution in [3.8, 4) is 0 Å². The number of nitrogens with one attached hydrogen (secondary N) is 2. The highest BCUT2D eigenvalue weighted by atomic mass is 16.6. The van der Waals surface area contributed by atoms with E-state index < -0.39 is 23.8 Å². The van der Waals surface area contributed by atoms with Crippen LogP contribution in [0.15, 0.2) is 72.5 Å². The Labute approximate surface area is 195 Å². The molecule has 1 aliphatic rings. The highest BCUT2D eigenvalue weighted by molar-refractivity contribution is 5.91. The van der Waals surface area contributed by atoms with Gasteiger partial charge in [-0.2, -0.15) is 0 Å². The standard InChI is InChI=1S/C26H32N2O5/c1-26(2,3)33-25(30)27-15-14-21(31-17-19-10-6-4-7-11-19)24-22(16-23(29)28-24)32-18-20-12-8-5-9-13-20/h4-13,16,21,24H,14-15,17-18H2,1-3H3,(H,27,30)(H,28,29)/t21-,24-/m0/s1. The monoisotopic (exact) mass is 452 g/mol. The fourth-order valence-corrected chi connectivity index (χ4v) is 3.39. The second kappa shape index (κ2) is 11.5. The average molecular weight is 453 g/mol. The molecule has 2 amide bonds. The molecule has 176 valence electrons. The van der Waals surface area contributed by atoms with Gasteiger partial charge in [0, 0.05) is 12.6 Å². The number of ether oxygens (including phenoxy) is 3. The SMILES string of the molecule is CC(C)(C)OC(=O)NCC[C@H](OCc1ccccc1)[C@@H]1NC(=O)C=C1OCc1ccccc1. The zero-order valence-electron chi connectivity index (χ0n) is 19.4. The van der Waals surface area contributed by atoms with E-state index in [2.05, 4.69) is 10.6 Å². The lowest BCUT2D eigenvalue weighted by molar-refractivity contribution is -0.117. The molecule has 7 nitrogen and oxygen atoms in total. The molecule has 0 aliphatic carbocycles. The van der Waals surface area contributed by atoms with E-state index >= 15 is 0 Å². The van der Waals surface area contributed by atoms with Crippen molar-refractivity contribution in [1.82, 2.24) is 10.6 Å². The van der Waals surface area contributed by atoms with Crippen LogP contribution in [0.5, 0.6) is 0 Å². The molecular weight excluding hydrogens is 420 g/mol. The lowest BCUT2D eigenvalue weighted by atomic mass is 10.1. The minimum absolute atomic E-state index is 0.225. The largest absolute Gasteiger partial charge is 0.491 e. The number of amides is 2. The molecule has 33 heavy (non-hydrogen) atoms. The van der Waals surface area contributed by atoms with Crippen molar-refractivity contribution in [3.63, 3.8) is 0 Å². The molecule has 1 aliphatic heterocycles. The Bertz CT molecular complexity index is 938. The van der Waals surface area contributed by atoms with Gasteiger partial charge in [-0.25, -0.2) is 4.79 Å². The van der Waals surface area contributed by atoms with Gasteiger partial charge in [0.05, 0.1) is 12.7 Å². The van der Waals surface area contributed by atoms with Crippen LogP contribution < -0.4 is 10.6 Å². The Morgan fingerprint density at radius 1 is 1.00 bits per heavy atom. The summed E-state index contributed by atoms with van der Waals surface area (Å²) in [6.45, 7) is 6.48. The van der Waals surface area contributed by atoms with Gasteiger partial charge in [-0.15, -0.1) is 0 Å². The van der Waals surface area contributed by atoms with Crippen molar-refractivity contribution in [1.29, 1.82) is 0 Å². The van der Waals surface area contributed by atoms with Crippen LogP contribution in [0.4, 0.5) is 4.79 Å². The van der Waals surface area contributed by atoms with Crippen molar-refractivity contribution < 1.29 is 23.8 Å². The molecular formula is C26H32N2O5. The summed E-state index contributed by atoms with van der Waals surface area (Å²) in [5, 5.41) is 5.69. The summed E-state index contributed by atoms with van der Waals surface area (Å²) in [6, 6.07) is 19.1. The van der Waals surface area contributed by atoms with Crippen molar-refractivity contribution in [2.75, 3.05) is 6.54 Å². The van der Waals surface area contributed by atoms with Gasteiger partial charge in [-0.3, -0.25) is 4.79 Å². The minimum atomic E-state index is -0.575. The maximum absolute atomic E-state index is 12.2. The van der Waals surface area contributed by atoms with Crippen LogP contribution in [0.25, 0.3) is 0 Å². The van der Waals surface area contributed by atoms with E-state index in [9.17, 15) is 9.59 Å². The van der Waals surface area contributed by atoms with Crippen LogP contribution in [0.2, 0.25) is 0 Å². The van der Waals surface area contributed by atoms with Crippen LogP contribution in [-0.4, -0.2) is 36.3 Å². The van der Waals surface area contributed by atoms with Crippen LogP contribution >= 0.6 is 0 Å². The Balaban J connectivity index is 1.64. The fraction of sp³-hybridized carbons (Fsp3) is 0.385. The number of carbonyl (C=O) groups is 2. The quantitative estimate of drug-likeness (QED) is 0.567. The first-order valence-corrected chi connectivity index (χ1v) is 11.1.